The highest BCUT2D eigenvalue weighted by Gasteiger charge is 2.58. The normalized spacial score (nSPS) is 41.2. The highest BCUT2D eigenvalue weighted by Crippen LogP contribution is 2.62. The maximum Gasteiger partial charge on any atom is 0.115 e. The molecule has 0 radical (unpaired) electrons. The van der Waals surface area contributed by atoms with Gasteiger partial charge in [0.1, 0.15) is 11.9 Å². The maximum absolute atomic E-state index is 10.6. The van der Waals surface area contributed by atoms with Crippen LogP contribution in [0.5, 0.6) is 5.75 Å². The van der Waals surface area contributed by atoms with E-state index >= 15 is 0 Å². The molecule has 0 spiro atoms. The lowest BCUT2D eigenvalue weighted by Gasteiger charge is -2.50. The summed E-state index contributed by atoms with van der Waals surface area (Å²) >= 11 is 0. The summed E-state index contributed by atoms with van der Waals surface area (Å²) in [6, 6.07) is 5.79. The lowest BCUT2D eigenvalue weighted by molar-refractivity contribution is -0.0264. The molecule has 0 amide bonds. The molecule has 4 rings (SSSR count). The smallest absolute Gasteiger partial charge is 0.115 e. The van der Waals surface area contributed by atoms with Crippen LogP contribution in [0.15, 0.2) is 18.2 Å². The van der Waals surface area contributed by atoms with Crippen LogP contribution in [0.3, 0.4) is 0 Å². The van der Waals surface area contributed by atoms with Crippen molar-refractivity contribution in [2.45, 2.75) is 51.0 Å². The first-order chi connectivity index (χ1) is 11.0. The van der Waals surface area contributed by atoms with Crippen molar-refractivity contribution in [3.63, 3.8) is 0 Å². The average molecular weight is 312 g/mol. The lowest BCUT2D eigenvalue weighted by atomic mass is 9.54. The molecule has 0 bridgehead atoms. The fraction of sp³-hybridized carbons (Fsp3) is 0.600. The van der Waals surface area contributed by atoms with Crippen molar-refractivity contribution in [1.29, 1.82) is 0 Å². The zero-order chi connectivity index (χ0) is 16.2. The van der Waals surface area contributed by atoms with Gasteiger partial charge in [-0.2, -0.15) is 0 Å². The third-order valence-electron chi connectivity index (χ3n) is 6.93. The highest BCUT2D eigenvalue weighted by atomic mass is 16.3. The maximum atomic E-state index is 10.6. The van der Waals surface area contributed by atoms with E-state index in [9.17, 15) is 10.2 Å². The third-order valence-corrected chi connectivity index (χ3v) is 6.93. The quantitative estimate of drug-likeness (QED) is 0.645. The van der Waals surface area contributed by atoms with Crippen LogP contribution in [-0.4, -0.2) is 21.4 Å². The van der Waals surface area contributed by atoms with Crippen molar-refractivity contribution in [3.05, 3.63) is 29.3 Å². The summed E-state index contributed by atoms with van der Waals surface area (Å²) in [5, 5.41) is 29.5. The molecule has 1 aromatic rings. The van der Waals surface area contributed by atoms with Crippen LogP contribution >= 0.6 is 0 Å². The molecule has 3 aliphatic rings. The molecule has 0 aliphatic heterocycles. The number of aromatic hydroxyl groups is 1. The molecular weight excluding hydrogens is 288 g/mol. The van der Waals surface area contributed by atoms with E-state index in [0.717, 1.165) is 25.7 Å². The van der Waals surface area contributed by atoms with Gasteiger partial charge in [0.05, 0.1) is 6.10 Å². The molecule has 0 aromatic heterocycles. The number of aryl methyl sites for hydroxylation is 1. The van der Waals surface area contributed by atoms with Crippen molar-refractivity contribution in [2.24, 2.45) is 23.2 Å². The molecule has 3 aliphatic carbocycles. The van der Waals surface area contributed by atoms with Crippen molar-refractivity contribution >= 4 is 0 Å². The zero-order valence-corrected chi connectivity index (χ0v) is 13.5. The Bertz CT molecular complexity index is 686. The van der Waals surface area contributed by atoms with E-state index in [2.05, 4.69) is 25.0 Å². The third kappa shape index (κ3) is 2.08. The molecule has 3 N–H and O–H groups in total. The molecular formula is C20H24O3. The van der Waals surface area contributed by atoms with E-state index in [0.29, 0.717) is 29.9 Å². The number of benzene rings is 1. The second kappa shape index (κ2) is 5.18. The highest BCUT2D eigenvalue weighted by molar-refractivity contribution is 5.40. The van der Waals surface area contributed by atoms with Gasteiger partial charge in [0.2, 0.25) is 0 Å². The van der Waals surface area contributed by atoms with Crippen LogP contribution in [0, 0.1) is 35.2 Å². The summed E-state index contributed by atoms with van der Waals surface area (Å²) in [6.45, 7) is 2.21. The van der Waals surface area contributed by atoms with E-state index < -0.39 is 0 Å². The first kappa shape index (κ1) is 14.9. The Balaban J connectivity index is 1.74. The Morgan fingerprint density at radius 2 is 2.09 bits per heavy atom. The first-order valence-electron chi connectivity index (χ1n) is 8.69. The number of aliphatic hydroxyl groups excluding tert-OH is 2. The van der Waals surface area contributed by atoms with Gasteiger partial charge in [-0.15, -0.1) is 0 Å². The summed E-state index contributed by atoms with van der Waals surface area (Å²) < 4.78 is 0. The van der Waals surface area contributed by atoms with Crippen LogP contribution < -0.4 is 0 Å². The topological polar surface area (TPSA) is 60.7 Å². The van der Waals surface area contributed by atoms with Gasteiger partial charge in [0.25, 0.3) is 0 Å². The van der Waals surface area contributed by atoms with Gasteiger partial charge in [-0.3, -0.25) is 0 Å². The molecule has 3 nitrogen and oxygen atoms in total. The molecule has 0 heterocycles. The van der Waals surface area contributed by atoms with E-state index in [-0.39, 0.29) is 17.4 Å². The molecule has 0 saturated heterocycles. The minimum Gasteiger partial charge on any atom is -0.508 e. The van der Waals surface area contributed by atoms with Crippen LogP contribution in [0.25, 0.3) is 0 Å². The summed E-state index contributed by atoms with van der Waals surface area (Å²) in [6.07, 6.45) is 6.62. The van der Waals surface area contributed by atoms with Crippen molar-refractivity contribution in [2.75, 3.05) is 0 Å². The summed E-state index contributed by atoms with van der Waals surface area (Å²) in [5.41, 5.74) is 2.57. The van der Waals surface area contributed by atoms with Crippen LogP contribution in [-0.2, 0) is 6.42 Å². The van der Waals surface area contributed by atoms with Crippen LogP contribution in [0.4, 0.5) is 0 Å². The minimum atomic E-state index is -0.319. The Hall–Kier alpha value is -1.66. The second-order valence-corrected chi connectivity index (χ2v) is 7.88. The monoisotopic (exact) mass is 312 g/mol. The van der Waals surface area contributed by atoms with Crippen LogP contribution in [0.1, 0.15) is 49.7 Å². The summed E-state index contributed by atoms with van der Waals surface area (Å²) in [4.78, 5) is 0. The van der Waals surface area contributed by atoms with Crippen molar-refractivity contribution < 1.29 is 15.3 Å². The summed E-state index contributed by atoms with van der Waals surface area (Å²) in [5.74, 6) is 4.76. The van der Waals surface area contributed by atoms with Gasteiger partial charge in [-0.05, 0) is 78.5 Å². The number of phenols is 1. The van der Waals surface area contributed by atoms with Gasteiger partial charge in [0, 0.05) is 5.92 Å². The fourth-order valence-corrected chi connectivity index (χ4v) is 5.88. The lowest BCUT2D eigenvalue weighted by Crippen LogP contribution is -2.45. The van der Waals surface area contributed by atoms with Gasteiger partial charge in [0.15, 0.2) is 0 Å². The van der Waals surface area contributed by atoms with E-state index in [1.165, 1.54) is 11.1 Å². The molecule has 2 saturated carbocycles. The van der Waals surface area contributed by atoms with E-state index in [1.807, 2.05) is 6.07 Å². The van der Waals surface area contributed by atoms with Gasteiger partial charge in [-0.1, -0.05) is 18.9 Å². The Labute approximate surface area is 137 Å². The fourth-order valence-electron chi connectivity index (χ4n) is 5.88. The number of phenolic OH excluding ortho intramolecular Hbond substituents is 1. The van der Waals surface area contributed by atoms with E-state index in [1.54, 1.807) is 6.07 Å². The summed E-state index contributed by atoms with van der Waals surface area (Å²) in [7, 11) is 0. The predicted octanol–water partition coefficient (Wildman–Crippen LogP) is 3.17. The number of rotatable bonds is 0. The van der Waals surface area contributed by atoms with Gasteiger partial charge >= 0.3 is 0 Å². The Kier molecular flexibility index (Phi) is 3.35. The molecule has 1 aromatic carbocycles. The molecule has 2 fully saturated rings. The Morgan fingerprint density at radius 3 is 2.87 bits per heavy atom. The SMILES string of the molecule is C[C@]12CC[C@@H]3c4ccc(O)cc4CC[C@H]3[C@@H]1C(C#CO)CC2O. The number of fused-ring (bicyclic) bond motifs is 5. The molecule has 2 unspecified atom stereocenters. The average Bonchev–Trinajstić information content (AvgIpc) is 2.78. The second-order valence-electron chi connectivity index (χ2n) is 7.88. The van der Waals surface area contributed by atoms with E-state index in [4.69, 9.17) is 5.11 Å². The van der Waals surface area contributed by atoms with Crippen molar-refractivity contribution in [3.8, 4) is 17.8 Å². The molecule has 6 atom stereocenters. The standard InChI is InChI=1S/C20H24O3/c1-20-8-6-16-15-5-3-14(22)10-12(15)2-4-17(16)19(20)13(7-9-21)11-18(20)23/h3,5,10,13,16-19,21-23H,2,4,6,8,11H2,1H3/t13?,16-,17-,18?,19+,20-/m1/s1. The zero-order valence-electron chi connectivity index (χ0n) is 13.5. The Morgan fingerprint density at radius 1 is 1.26 bits per heavy atom. The first-order valence-corrected chi connectivity index (χ1v) is 8.69. The molecule has 3 heteroatoms. The minimum absolute atomic E-state index is 0.0793. The van der Waals surface area contributed by atoms with Crippen molar-refractivity contribution in [1.82, 2.24) is 0 Å². The van der Waals surface area contributed by atoms with Gasteiger partial charge < -0.3 is 15.3 Å². The number of hydrogen-bond donors (Lipinski definition) is 3. The molecule has 122 valence electrons. The number of hydrogen-bond acceptors (Lipinski definition) is 3. The molecule has 23 heavy (non-hydrogen) atoms. The largest absolute Gasteiger partial charge is 0.508 e. The predicted molar refractivity (Wildman–Crippen MR) is 87.3 cm³/mol. The number of aliphatic hydroxyl groups is 2. The van der Waals surface area contributed by atoms with Crippen LogP contribution in [0.2, 0.25) is 0 Å². The van der Waals surface area contributed by atoms with Gasteiger partial charge in [-0.25, -0.2) is 0 Å².